The summed E-state index contributed by atoms with van der Waals surface area (Å²) >= 11 is 4.88. The fourth-order valence-electron chi connectivity index (χ4n) is 2.37. The summed E-state index contributed by atoms with van der Waals surface area (Å²) in [5.74, 6) is -0.376. The molecule has 21 heavy (non-hydrogen) atoms. The molecule has 114 valence electrons. The number of rotatable bonds is 4. The first kappa shape index (κ1) is 15.7. The summed E-state index contributed by atoms with van der Waals surface area (Å²) in [7, 11) is 0. The summed E-state index contributed by atoms with van der Waals surface area (Å²) in [5, 5.41) is 5.53. The van der Waals surface area contributed by atoms with E-state index < -0.39 is 0 Å². The van der Waals surface area contributed by atoms with Crippen LogP contribution in [0.15, 0.2) is 24.3 Å². The minimum absolute atomic E-state index is 0.112. The predicted molar refractivity (Wildman–Crippen MR) is 84.8 cm³/mol. The molecule has 0 radical (unpaired) electrons. The van der Waals surface area contributed by atoms with E-state index in [-0.39, 0.29) is 17.9 Å². The third-order valence-electron chi connectivity index (χ3n) is 3.38. The van der Waals surface area contributed by atoms with Crippen LogP contribution in [0.2, 0.25) is 0 Å². The quantitative estimate of drug-likeness (QED) is 0.740. The lowest BCUT2D eigenvalue weighted by atomic mass is 10.1. The summed E-state index contributed by atoms with van der Waals surface area (Å²) in [4.78, 5) is 14.5. The summed E-state index contributed by atoms with van der Waals surface area (Å²) in [6.07, 6.45) is 1.69. The maximum atomic E-state index is 13.0. The zero-order valence-corrected chi connectivity index (χ0v) is 12.5. The van der Waals surface area contributed by atoms with Crippen LogP contribution in [-0.2, 0) is 0 Å². The zero-order valence-electron chi connectivity index (χ0n) is 11.6. The summed E-state index contributed by atoms with van der Waals surface area (Å²) in [5.41, 5.74) is 5.96. The third-order valence-corrected chi connectivity index (χ3v) is 3.51. The molecule has 0 saturated carbocycles. The highest BCUT2D eigenvalue weighted by atomic mass is 32.1. The van der Waals surface area contributed by atoms with E-state index in [0.717, 1.165) is 25.9 Å². The number of hydrogen-bond acceptors (Lipinski definition) is 3. The van der Waals surface area contributed by atoms with Crippen LogP contribution in [0, 0.1) is 5.82 Å². The number of carbonyl (C=O) groups excluding carboxylic acids is 1. The average molecular weight is 310 g/mol. The van der Waals surface area contributed by atoms with Crippen LogP contribution in [0.25, 0.3) is 0 Å². The van der Waals surface area contributed by atoms with Crippen molar-refractivity contribution in [3.8, 4) is 0 Å². The Morgan fingerprint density at radius 2 is 2.14 bits per heavy atom. The molecule has 1 fully saturated rings. The first-order chi connectivity index (χ1) is 10.0. The Morgan fingerprint density at radius 3 is 2.76 bits per heavy atom. The van der Waals surface area contributed by atoms with Crippen molar-refractivity contribution < 1.29 is 9.18 Å². The van der Waals surface area contributed by atoms with Crippen LogP contribution in [-0.4, -0.2) is 41.6 Å². The second kappa shape index (κ2) is 7.33. The second-order valence-electron chi connectivity index (χ2n) is 5.13. The lowest BCUT2D eigenvalue weighted by molar-refractivity contribution is 0.213. The molecule has 1 aliphatic rings. The minimum Gasteiger partial charge on any atom is -0.392 e. The summed E-state index contributed by atoms with van der Waals surface area (Å²) in [6, 6.07) is 5.62. The SMILES string of the molecule is NC(=S)CN1CCC(NC(=O)Nc2cccc(F)c2)CC1. The topological polar surface area (TPSA) is 70.4 Å². The highest BCUT2D eigenvalue weighted by Gasteiger charge is 2.20. The molecule has 0 unspecified atom stereocenters. The van der Waals surface area contributed by atoms with Crippen molar-refractivity contribution in [3.05, 3.63) is 30.1 Å². The van der Waals surface area contributed by atoms with Crippen molar-refractivity contribution in [2.45, 2.75) is 18.9 Å². The van der Waals surface area contributed by atoms with Crippen molar-refractivity contribution in [3.63, 3.8) is 0 Å². The van der Waals surface area contributed by atoms with Gasteiger partial charge in [0.15, 0.2) is 0 Å². The number of piperidine rings is 1. The van der Waals surface area contributed by atoms with Gasteiger partial charge in [0.1, 0.15) is 5.82 Å². The van der Waals surface area contributed by atoms with Gasteiger partial charge in [0.25, 0.3) is 0 Å². The molecular weight excluding hydrogens is 291 g/mol. The zero-order chi connectivity index (χ0) is 15.2. The van der Waals surface area contributed by atoms with Gasteiger partial charge in [0.05, 0.1) is 4.99 Å². The van der Waals surface area contributed by atoms with Crippen LogP contribution in [0.3, 0.4) is 0 Å². The van der Waals surface area contributed by atoms with Crippen LogP contribution >= 0.6 is 12.2 Å². The lowest BCUT2D eigenvalue weighted by Gasteiger charge is -2.31. The van der Waals surface area contributed by atoms with Crippen molar-refractivity contribution in [1.29, 1.82) is 0 Å². The molecule has 2 amide bonds. The summed E-state index contributed by atoms with van der Waals surface area (Å²) in [6.45, 7) is 2.32. The first-order valence-electron chi connectivity index (χ1n) is 6.86. The normalized spacial score (nSPS) is 16.4. The molecule has 1 saturated heterocycles. The fraction of sp³-hybridized carbons (Fsp3) is 0.429. The van der Waals surface area contributed by atoms with Crippen LogP contribution < -0.4 is 16.4 Å². The van der Waals surface area contributed by atoms with Crippen LogP contribution in [0.5, 0.6) is 0 Å². The van der Waals surface area contributed by atoms with Gasteiger partial charge >= 0.3 is 6.03 Å². The highest BCUT2D eigenvalue weighted by Crippen LogP contribution is 2.12. The molecule has 1 aliphatic heterocycles. The third kappa shape index (κ3) is 5.28. The predicted octanol–water partition coefficient (Wildman–Crippen LogP) is 1.70. The van der Waals surface area contributed by atoms with E-state index in [1.807, 2.05) is 0 Å². The van der Waals surface area contributed by atoms with E-state index in [4.69, 9.17) is 18.0 Å². The number of anilines is 1. The van der Waals surface area contributed by atoms with Crippen molar-refractivity contribution in [1.82, 2.24) is 10.2 Å². The molecule has 1 aromatic carbocycles. The first-order valence-corrected chi connectivity index (χ1v) is 7.27. The molecule has 0 aromatic heterocycles. The van der Waals surface area contributed by atoms with E-state index >= 15 is 0 Å². The van der Waals surface area contributed by atoms with Crippen LogP contribution in [0.1, 0.15) is 12.8 Å². The monoisotopic (exact) mass is 310 g/mol. The maximum Gasteiger partial charge on any atom is 0.319 e. The van der Waals surface area contributed by atoms with Crippen molar-refractivity contribution in [2.75, 3.05) is 25.0 Å². The van der Waals surface area contributed by atoms with Gasteiger partial charge in [-0.1, -0.05) is 18.3 Å². The Labute approximate surface area is 128 Å². The second-order valence-corrected chi connectivity index (χ2v) is 5.65. The lowest BCUT2D eigenvalue weighted by Crippen LogP contribution is -2.47. The Bertz CT molecular complexity index is 517. The van der Waals surface area contributed by atoms with Gasteiger partial charge in [-0.25, -0.2) is 9.18 Å². The number of amides is 2. The molecule has 2 rings (SSSR count). The van der Waals surface area contributed by atoms with Crippen molar-refractivity contribution >= 4 is 28.9 Å². The number of likely N-dealkylation sites (tertiary alicyclic amines) is 1. The highest BCUT2D eigenvalue weighted by molar-refractivity contribution is 7.80. The smallest absolute Gasteiger partial charge is 0.319 e. The molecular formula is C14H19FN4OS. The van der Waals surface area contributed by atoms with Gasteiger partial charge in [-0.15, -0.1) is 0 Å². The maximum absolute atomic E-state index is 13.0. The van der Waals surface area contributed by atoms with Crippen LogP contribution in [0.4, 0.5) is 14.9 Å². The Morgan fingerprint density at radius 1 is 1.43 bits per heavy atom. The number of nitrogens with two attached hydrogens (primary N) is 1. The van der Waals surface area contributed by atoms with Gasteiger partial charge in [0, 0.05) is 31.4 Å². The molecule has 7 heteroatoms. The number of hydrogen-bond donors (Lipinski definition) is 3. The summed E-state index contributed by atoms with van der Waals surface area (Å²) < 4.78 is 13.0. The average Bonchev–Trinajstić information content (AvgIpc) is 2.40. The number of halogens is 1. The molecule has 1 heterocycles. The molecule has 0 spiro atoms. The molecule has 0 atom stereocenters. The largest absolute Gasteiger partial charge is 0.392 e. The standard InChI is InChI=1S/C14H19FN4OS/c15-10-2-1-3-12(8-10)18-14(20)17-11-4-6-19(7-5-11)9-13(16)21/h1-3,8,11H,4-7,9H2,(H2,16,21)(H2,17,18,20). The molecule has 0 aliphatic carbocycles. The molecule has 1 aromatic rings. The Kier molecular flexibility index (Phi) is 5.46. The minimum atomic E-state index is -0.376. The molecule has 4 N–H and O–H groups in total. The fourth-order valence-corrected chi connectivity index (χ4v) is 2.56. The number of thiocarbonyl (C=S) groups is 1. The van der Waals surface area contributed by atoms with Gasteiger partial charge in [0.2, 0.25) is 0 Å². The van der Waals surface area contributed by atoms with E-state index in [1.54, 1.807) is 12.1 Å². The molecule has 0 bridgehead atoms. The van der Waals surface area contributed by atoms with Gasteiger partial charge < -0.3 is 16.4 Å². The molecule has 5 nitrogen and oxygen atoms in total. The van der Waals surface area contributed by atoms with Gasteiger partial charge in [-0.2, -0.15) is 0 Å². The van der Waals surface area contributed by atoms with E-state index in [0.29, 0.717) is 17.2 Å². The van der Waals surface area contributed by atoms with E-state index in [9.17, 15) is 9.18 Å². The Balaban J connectivity index is 1.75. The van der Waals surface area contributed by atoms with Gasteiger partial charge in [-0.3, -0.25) is 4.90 Å². The van der Waals surface area contributed by atoms with E-state index in [2.05, 4.69) is 15.5 Å². The van der Waals surface area contributed by atoms with Gasteiger partial charge in [-0.05, 0) is 31.0 Å². The number of nitrogens with zero attached hydrogens (tertiary/aromatic N) is 1. The number of urea groups is 1. The Hall–Kier alpha value is -1.73. The number of carbonyl (C=O) groups is 1. The van der Waals surface area contributed by atoms with Crippen molar-refractivity contribution in [2.24, 2.45) is 5.73 Å². The van der Waals surface area contributed by atoms with E-state index in [1.165, 1.54) is 12.1 Å². The number of nitrogens with one attached hydrogen (secondary N) is 2. The number of benzene rings is 1.